The van der Waals surface area contributed by atoms with Gasteiger partial charge < -0.3 is 4.74 Å². The standard InChI is InChI=1S/C40H58O/c1-5-6-30-9-15-33(16-10-30)36-21-23-39-27-37(22-24-38(39)26-36)34-17-11-31(12-18-34)7-8-32-13-19-35(20-14-32)40(28-41-4)25-29(2)3/h9-12,15-18,32,35-40H,2,5-8,13-14,19-28H2,1,3-4H3. The van der Waals surface area contributed by atoms with Gasteiger partial charge in [-0.2, -0.15) is 0 Å². The molecule has 0 spiro atoms. The molecule has 0 radical (unpaired) electrons. The van der Waals surface area contributed by atoms with Crippen molar-refractivity contribution in [2.75, 3.05) is 13.7 Å². The Morgan fingerprint density at radius 1 is 0.756 bits per heavy atom. The summed E-state index contributed by atoms with van der Waals surface area (Å²) in [7, 11) is 1.85. The van der Waals surface area contributed by atoms with E-state index in [9.17, 15) is 0 Å². The fraction of sp³-hybridized carbons (Fsp3) is 0.650. The Morgan fingerprint density at radius 3 is 1.78 bits per heavy atom. The summed E-state index contributed by atoms with van der Waals surface area (Å²) < 4.78 is 5.56. The molecule has 1 nitrogen and oxygen atoms in total. The third-order valence-corrected chi connectivity index (χ3v) is 11.4. The van der Waals surface area contributed by atoms with Gasteiger partial charge in [-0.15, -0.1) is 6.58 Å². The van der Waals surface area contributed by atoms with Crippen LogP contribution >= 0.6 is 0 Å². The first-order valence-corrected chi connectivity index (χ1v) is 17.3. The summed E-state index contributed by atoms with van der Waals surface area (Å²) in [6.45, 7) is 9.51. The second kappa shape index (κ2) is 15.0. The van der Waals surface area contributed by atoms with Crippen molar-refractivity contribution in [2.24, 2.45) is 29.6 Å². The van der Waals surface area contributed by atoms with Crippen LogP contribution in [0.4, 0.5) is 0 Å². The first kappa shape index (κ1) is 30.6. The average Bonchev–Trinajstić information content (AvgIpc) is 3.00. The van der Waals surface area contributed by atoms with Crippen LogP contribution in [0.3, 0.4) is 0 Å². The largest absolute Gasteiger partial charge is 0.384 e. The molecule has 3 saturated carbocycles. The number of fused-ring (bicyclic) bond motifs is 1. The fourth-order valence-corrected chi connectivity index (χ4v) is 9.04. The molecule has 5 rings (SSSR count). The summed E-state index contributed by atoms with van der Waals surface area (Å²) in [6, 6.07) is 19.6. The number of allylic oxidation sites excluding steroid dienone is 1. The molecule has 224 valence electrons. The third kappa shape index (κ3) is 8.37. The van der Waals surface area contributed by atoms with Crippen LogP contribution in [0.5, 0.6) is 0 Å². The molecule has 0 heterocycles. The van der Waals surface area contributed by atoms with Crippen molar-refractivity contribution in [3.63, 3.8) is 0 Å². The van der Waals surface area contributed by atoms with Gasteiger partial charge in [0.15, 0.2) is 0 Å². The maximum atomic E-state index is 5.56. The van der Waals surface area contributed by atoms with Gasteiger partial charge in [0.2, 0.25) is 0 Å². The molecule has 0 N–H and O–H groups in total. The van der Waals surface area contributed by atoms with Crippen molar-refractivity contribution in [1.29, 1.82) is 0 Å². The summed E-state index contributed by atoms with van der Waals surface area (Å²) in [5.41, 5.74) is 7.58. The van der Waals surface area contributed by atoms with E-state index in [1.807, 2.05) is 7.11 Å². The third-order valence-electron chi connectivity index (χ3n) is 11.4. The van der Waals surface area contributed by atoms with Crippen molar-refractivity contribution in [3.8, 4) is 0 Å². The topological polar surface area (TPSA) is 9.23 Å². The van der Waals surface area contributed by atoms with Gasteiger partial charge in [-0.3, -0.25) is 0 Å². The first-order chi connectivity index (χ1) is 20.0. The van der Waals surface area contributed by atoms with Gasteiger partial charge in [-0.1, -0.05) is 80.3 Å². The Labute approximate surface area is 252 Å². The molecule has 0 bridgehead atoms. The molecule has 0 aromatic heterocycles. The first-order valence-electron chi connectivity index (χ1n) is 17.3. The van der Waals surface area contributed by atoms with E-state index >= 15 is 0 Å². The molecule has 41 heavy (non-hydrogen) atoms. The van der Waals surface area contributed by atoms with Gasteiger partial charge in [-0.05, 0) is 148 Å². The monoisotopic (exact) mass is 554 g/mol. The minimum Gasteiger partial charge on any atom is -0.384 e. The second-order valence-corrected chi connectivity index (χ2v) is 14.5. The van der Waals surface area contributed by atoms with Crippen molar-refractivity contribution in [1.82, 2.24) is 0 Å². The van der Waals surface area contributed by atoms with E-state index in [1.54, 1.807) is 16.7 Å². The summed E-state index contributed by atoms with van der Waals surface area (Å²) in [4.78, 5) is 0. The van der Waals surface area contributed by atoms with Crippen LogP contribution in [0.25, 0.3) is 0 Å². The van der Waals surface area contributed by atoms with Crippen LogP contribution in [-0.2, 0) is 17.6 Å². The lowest BCUT2D eigenvalue weighted by molar-refractivity contribution is 0.0942. The van der Waals surface area contributed by atoms with E-state index in [0.29, 0.717) is 5.92 Å². The molecule has 5 atom stereocenters. The quantitative estimate of drug-likeness (QED) is 0.237. The highest BCUT2D eigenvalue weighted by Crippen LogP contribution is 2.50. The summed E-state index contributed by atoms with van der Waals surface area (Å²) in [5.74, 6) is 5.85. The van der Waals surface area contributed by atoms with Gasteiger partial charge in [0, 0.05) is 13.7 Å². The Bertz CT molecular complexity index is 1060. The molecule has 2 aromatic rings. The molecule has 3 aliphatic rings. The number of ether oxygens (including phenoxy) is 1. The Hall–Kier alpha value is -1.86. The van der Waals surface area contributed by atoms with Crippen LogP contribution in [-0.4, -0.2) is 13.7 Å². The van der Waals surface area contributed by atoms with Gasteiger partial charge in [0.1, 0.15) is 0 Å². The number of aryl methyl sites for hydroxylation is 2. The van der Waals surface area contributed by atoms with E-state index < -0.39 is 0 Å². The van der Waals surface area contributed by atoms with Crippen molar-refractivity contribution >= 4 is 0 Å². The predicted molar refractivity (Wildman–Crippen MR) is 176 cm³/mol. The van der Waals surface area contributed by atoms with Gasteiger partial charge in [-0.25, -0.2) is 0 Å². The number of hydrogen-bond donors (Lipinski definition) is 0. The van der Waals surface area contributed by atoms with Crippen LogP contribution in [0.1, 0.15) is 131 Å². The molecule has 0 saturated heterocycles. The molecule has 3 fully saturated rings. The Kier molecular flexibility index (Phi) is 11.2. The highest BCUT2D eigenvalue weighted by Gasteiger charge is 2.36. The fourth-order valence-electron chi connectivity index (χ4n) is 9.04. The molecule has 1 heteroatoms. The zero-order valence-corrected chi connectivity index (χ0v) is 26.6. The lowest BCUT2D eigenvalue weighted by Gasteiger charge is -2.42. The van der Waals surface area contributed by atoms with Crippen LogP contribution in [0.2, 0.25) is 0 Å². The van der Waals surface area contributed by atoms with Gasteiger partial charge in [0.05, 0.1) is 0 Å². The minimum atomic E-state index is 0.666. The summed E-state index contributed by atoms with van der Waals surface area (Å²) in [6.07, 6.45) is 20.2. The van der Waals surface area contributed by atoms with Crippen molar-refractivity contribution < 1.29 is 4.74 Å². The van der Waals surface area contributed by atoms with Gasteiger partial charge in [0.25, 0.3) is 0 Å². The average molecular weight is 555 g/mol. The van der Waals surface area contributed by atoms with Crippen LogP contribution in [0, 0.1) is 29.6 Å². The van der Waals surface area contributed by atoms with E-state index in [4.69, 9.17) is 4.74 Å². The normalized spacial score (nSPS) is 29.0. The number of methoxy groups -OCH3 is 1. The predicted octanol–water partition coefficient (Wildman–Crippen LogP) is 11.1. The van der Waals surface area contributed by atoms with E-state index in [-0.39, 0.29) is 0 Å². The van der Waals surface area contributed by atoms with Gasteiger partial charge >= 0.3 is 0 Å². The molecule has 2 aromatic carbocycles. The van der Waals surface area contributed by atoms with Crippen molar-refractivity contribution in [3.05, 3.63) is 82.9 Å². The van der Waals surface area contributed by atoms with Crippen LogP contribution in [0.15, 0.2) is 60.7 Å². The number of rotatable bonds is 12. The lowest BCUT2D eigenvalue weighted by atomic mass is 9.63. The molecular formula is C40H58O. The highest BCUT2D eigenvalue weighted by atomic mass is 16.5. The van der Waals surface area contributed by atoms with E-state index in [1.165, 1.54) is 101 Å². The van der Waals surface area contributed by atoms with Crippen molar-refractivity contribution in [2.45, 2.75) is 122 Å². The molecule has 0 amide bonds. The zero-order chi connectivity index (χ0) is 28.6. The number of benzene rings is 2. The Morgan fingerprint density at radius 2 is 1.29 bits per heavy atom. The second-order valence-electron chi connectivity index (χ2n) is 14.5. The molecular weight excluding hydrogens is 496 g/mol. The summed E-state index contributed by atoms with van der Waals surface area (Å²) in [5, 5.41) is 0. The lowest BCUT2D eigenvalue weighted by Crippen LogP contribution is -2.29. The van der Waals surface area contributed by atoms with E-state index in [0.717, 1.165) is 48.5 Å². The number of hydrogen-bond acceptors (Lipinski definition) is 1. The zero-order valence-electron chi connectivity index (χ0n) is 26.6. The smallest absolute Gasteiger partial charge is 0.0496 e. The maximum absolute atomic E-state index is 5.56. The maximum Gasteiger partial charge on any atom is 0.0496 e. The minimum absolute atomic E-state index is 0.666. The van der Waals surface area contributed by atoms with E-state index in [2.05, 4.69) is 69.0 Å². The highest BCUT2D eigenvalue weighted by molar-refractivity contribution is 5.28. The molecule has 3 aliphatic carbocycles. The van der Waals surface area contributed by atoms with Crippen LogP contribution < -0.4 is 0 Å². The molecule has 5 unspecified atom stereocenters. The molecule has 0 aliphatic heterocycles. The summed E-state index contributed by atoms with van der Waals surface area (Å²) >= 11 is 0. The Balaban J connectivity index is 1.05. The SMILES string of the molecule is C=C(C)CC(COC)C1CCC(CCc2ccc(C3CCC4CC(c5ccc(CCC)cc5)CCC4C3)cc2)CC1.